The zero-order valence-corrected chi connectivity index (χ0v) is 17.6. The van der Waals surface area contributed by atoms with Crippen molar-refractivity contribution in [2.45, 2.75) is 40.3 Å². The molecule has 0 radical (unpaired) electrons. The van der Waals surface area contributed by atoms with Gasteiger partial charge in [0.1, 0.15) is 22.2 Å². The van der Waals surface area contributed by atoms with Crippen LogP contribution in [0.5, 0.6) is 0 Å². The van der Waals surface area contributed by atoms with Gasteiger partial charge in [-0.05, 0) is 39.9 Å². The van der Waals surface area contributed by atoms with Gasteiger partial charge >= 0.3 is 0 Å². The molecule has 1 N–H and O–H groups in total. The zero-order chi connectivity index (χ0) is 19.7. The molecule has 0 fully saturated rings. The second-order valence-electron chi connectivity index (χ2n) is 6.52. The summed E-state index contributed by atoms with van der Waals surface area (Å²) in [6, 6.07) is 0. The van der Waals surface area contributed by atoms with Gasteiger partial charge < -0.3 is 4.90 Å². The fourth-order valence-electron chi connectivity index (χ4n) is 2.69. The summed E-state index contributed by atoms with van der Waals surface area (Å²) in [6.45, 7) is 6.23. The highest BCUT2D eigenvalue weighted by atomic mass is 32.1. The smallest absolute Gasteiger partial charge is 0.263 e. The minimum Gasteiger partial charge on any atom is -0.302 e. The van der Waals surface area contributed by atoms with Crippen molar-refractivity contribution in [1.82, 2.24) is 24.6 Å². The lowest BCUT2D eigenvalue weighted by Crippen LogP contribution is -2.32. The summed E-state index contributed by atoms with van der Waals surface area (Å²) in [6.07, 6.45) is 0.761. The summed E-state index contributed by atoms with van der Waals surface area (Å²) >= 11 is 2.84. The van der Waals surface area contributed by atoms with E-state index < -0.39 is 0 Å². The van der Waals surface area contributed by atoms with Gasteiger partial charge in [0.25, 0.3) is 5.56 Å². The number of rotatable bonds is 6. The summed E-state index contributed by atoms with van der Waals surface area (Å²) in [7, 11) is 3.80. The molecule has 3 aromatic heterocycles. The molecule has 3 heterocycles. The predicted octanol–water partition coefficient (Wildman–Crippen LogP) is 2.19. The Morgan fingerprint density at radius 1 is 1.22 bits per heavy atom. The summed E-state index contributed by atoms with van der Waals surface area (Å²) in [5.41, 5.74) is 0.745. The number of aromatic nitrogens is 4. The lowest BCUT2D eigenvalue weighted by molar-refractivity contribution is -0.116. The maximum atomic E-state index is 13.1. The highest BCUT2D eigenvalue weighted by molar-refractivity contribution is 7.18. The Bertz CT molecular complexity index is 1050. The van der Waals surface area contributed by atoms with E-state index in [1.165, 1.54) is 27.2 Å². The second-order valence-corrected chi connectivity index (χ2v) is 8.79. The third-order valence-corrected chi connectivity index (χ3v) is 6.23. The van der Waals surface area contributed by atoms with Gasteiger partial charge in [-0.1, -0.05) is 18.3 Å². The van der Waals surface area contributed by atoms with E-state index in [-0.39, 0.29) is 18.0 Å². The Kier molecular flexibility index (Phi) is 5.68. The predicted molar refractivity (Wildman–Crippen MR) is 109 cm³/mol. The molecular weight excluding hydrogens is 384 g/mol. The topological polar surface area (TPSA) is 93.0 Å². The molecule has 3 rings (SSSR count). The molecule has 0 unspecified atom stereocenters. The molecule has 0 bridgehead atoms. The Morgan fingerprint density at radius 3 is 2.59 bits per heavy atom. The summed E-state index contributed by atoms with van der Waals surface area (Å²) in [5, 5.41) is 12.6. The number of thiophene rings is 1. The number of amides is 1. The van der Waals surface area contributed by atoms with Crippen LogP contribution in [-0.4, -0.2) is 44.7 Å². The van der Waals surface area contributed by atoms with Crippen LogP contribution in [0, 0.1) is 13.8 Å². The molecule has 0 spiro atoms. The lowest BCUT2D eigenvalue weighted by Gasteiger charge is -2.15. The van der Waals surface area contributed by atoms with Gasteiger partial charge in [0, 0.05) is 4.88 Å². The fraction of sp³-hybridized carbons (Fsp3) is 0.471. The molecule has 8 nitrogen and oxygen atoms in total. The van der Waals surface area contributed by atoms with E-state index in [1.807, 2.05) is 39.8 Å². The van der Waals surface area contributed by atoms with E-state index in [4.69, 9.17) is 0 Å². The maximum absolute atomic E-state index is 13.1. The number of anilines is 1. The van der Waals surface area contributed by atoms with Crippen molar-refractivity contribution >= 4 is 43.9 Å². The van der Waals surface area contributed by atoms with E-state index in [2.05, 4.69) is 20.5 Å². The quantitative estimate of drug-likeness (QED) is 0.674. The van der Waals surface area contributed by atoms with Gasteiger partial charge in [0.05, 0.1) is 11.9 Å². The minimum absolute atomic E-state index is 0.111. The largest absolute Gasteiger partial charge is 0.302 e. The highest BCUT2D eigenvalue weighted by Gasteiger charge is 2.19. The highest BCUT2D eigenvalue weighted by Crippen LogP contribution is 2.26. The number of hydrogen-bond donors (Lipinski definition) is 1. The number of fused-ring (bicyclic) bond motifs is 1. The van der Waals surface area contributed by atoms with E-state index in [0.29, 0.717) is 22.9 Å². The third kappa shape index (κ3) is 4.07. The molecular formula is C17H22N6O2S2. The van der Waals surface area contributed by atoms with E-state index in [1.54, 1.807) is 0 Å². The van der Waals surface area contributed by atoms with Gasteiger partial charge in [0.15, 0.2) is 0 Å². The summed E-state index contributed by atoms with van der Waals surface area (Å²) in [5.74, 6) is 0.252. The molecule has 0 saturated carbocycles. The molecule has 0 saturated heterocycles. The Morgan fingerprint density at radius 2 is 1.96 bits per heavy atom. The van der Waals surface area contributed by atoms with Crippen LogP contribution in [0.15, 0.2) is 4.79 Å². The average Bonchev–Trinajstić information content (AvgIpc) is 3.15. The molecule has 3 aromatic rings. The number of carbonyl (C=O) groups excluding carboxylic acids is 1. The van der Waals surface area contributed by atoms with Crippen LogP contribution in [0.1, 0.15) is 28.2 Å². The van der Waals surface area contributed by atoms with Crippen LogP contribution in [-0.2, 0) is 24.3 Å². The first-order valence-corrected chi connectivity index (χ1v) is 10.2. The van der Waals surface area contributed by atoms with Gasteiger partial charge in [-0.2, -0.15) is 0 Å². The van der Waals surface area contributed by atoms with Crippen LogP contribution in [0.4, 0.5) is 5.13 Å². The van der Waals surface area contributed by atoms with Crippen molar-refractivity contribution in [3.05, 3.63) is 31.6 Å². The monoisotopic (exact) mass is 406 g/mol. The van der Waals surface area contributed by atoms with Crippen molar-refractivity contribution in [2.75, 3.05) is 19.4 Å². The average molecular weight is 407 g/mol. The molecule has 0 aliphatic rings. The second kappa shape index (κ2) is 7.83. The van der Waals surface area contributed by atoms with E-state index in [9.17, 15) is 9.59 Å². The number of nitrogens with zero attached hydrogens (tertiary/aromatic N) is 5. The molecule has 27 heavy (non-hydrogen) atoms. The molecule has 10 heteroatoms. The van der Waals surface area contributed by atoms with Gasteiger partial charge in [-0.15, -0.1) is 21.5 Å². The first-order valence-electron chi connectivity index (χ1n) is 8.56. The van der Waals surface area contributed by atoms with Crippen molar-refractivity contribution in [3.63, 3.8) is 0 Å². The molecule has 1 amide bonds. The SMILES string of the molecule is CCc1nnc(NC(=O)Cn2c(CN(C)C)nc3sc(C)c(C)c3c2=O)s1. The van der Waals surface area contributed by atoms with Crippen molar-refractivity contribution in [3.8, 4) is 0 Å². The molecule has 144 valence electrons. The normalized spacial score (nSPS) is 11.5. The molecule has 0 aliphatic heterocycles. The third-order valence-electron chi connectivity index (χ3n) is 4.14. The number of hydrogen-bond acceptors (Lipinski definition) is 8. The Labute approximate surface area is 164 Å². The van der Waals surface area contributed by atoms with Crippen molar-refractivity contribution < 1.29 is 4.79 Å². The summed E-state index contributed by atoms with van der Waals surface area (Å²) in [4.78, 5) is 34.0. The van der Waals surface area contributed by atoms with E-state index in [0.717, 1.165) is 26.7 Å². The van der Waals surface area contributed by atoms with Crippen molar-refractivity contribution in [1.29, 1.82) is 0 Å². The number of carbonyl (C=O) groups is 1. The number of aryl methyl sites for hydroxylation is 3. The first-order chi connectivity index (χ1) is 12.8. The molecule has 0 aliphatic carbocycles. The van der Waals surface area contributed by atoms with Crippen LogP contribution in [0.2, 0.25) is 0 Å². The Hall–Kier alpha value is -2.17. The Balaban J connectivity index is 1.97. The maximum Gasteiger partial charge on any atom is 0.263 e. The van der Waals surface area contributed by atoms with Crippen LogP contribution < -0.4 is 10.9 Å². The van der Waals surface area contributed by atoms with E-state index >= 15 is 0 Å². The van der Waals surface area contributed by atoms with Crippen LogP contribution in [0.25, 0.3) is 10.2 Å². The van der Waals surface area contributed by atoms with Gasteiger partial charge in [-0.3, -0.25) is 19.5 Å². The minimum atomic E-state index is -0.318. The number of nitrogens with one attached hydrogen (secondary N) is 1. The summed E-state index contributed by atoms with van der Waals surface area (Å²) < 4.78 is 1.46. The molecule has 0 atom stereocenters. The lowest BCUT2D eigenvalue weighted by atomic mass is 10.2. The van der Waals surface area contributed by atoms with Crippen LogP contribution >= 0.6 is 22.7 Å². The van der Waals surface area contributed by atoms with Crippen molar-refractivity contribution in [2.24, 2.45) is 0 Å². The van der Waals surface area contributed by atoms with Gasteiger partial charge in [0.2, 0.25) is 11.0 Å². The standard InChI is InChI=1S/C17H22N6O2S2/c1-6-13-20-21-17(27-13)19-12(24)8-23-11(7-22(4)5)18-15-14(16(23)25)9(2)10(3)26-15/h6-8H2,1-5H3,(H,19,21,24). The zero-order valence-electron chi connectivity index (χ0n) is 16.0. The van der Waals surface area contributed by atoms with Gasteiger partial charge in [-0.25, -0.2) is 4.98 Å². The molecule has 0 aromatic carbocycles. The first kappa shape index (κ1) is 19.6. The fourth-order valence-corrected chi connectivity index (χ4v) is 4.42. The van der Waals surface area contributed by atoms with Crippen LogP contribution in [0.3, 0.4) is 0 Å².